The van der Waals surface area contributed by atoms with E-state index in [1.54, 1.807) is 0 Å². The van der Waals surface area contributed by atoms with E-state index < -0.39 is 28.8 Å². The number of alkyl halides is 3. The molecule has 0 saturated carbocycles. The van der Waals surface area contributed by atoms with Gasteiger partial charge < -0.3 is 10.5 Å². The first-order valence-corrected chi connectivity index (χ1v) is 3.54. The zero-order chi connectivity index (χ0) is 10.9. The van der Waals surface area contributed by atoms with Crippen LogP contribution in [0, 0.1) is 5.82 Å². The lowest BCUT2D eigenvalue weighted by atomic mass is 10.4. The Balaban J connectivity index is 3.13. The molecule has 14 heavy (non-hydrogen) atoms. The average Bonchev–Trinajstić information content (AvgIpc) is 2.04. The van der Waals surface area contributed by atoms with Gasteiger partial charge in [0.05, 0.1) is 6.20 Å². The molecular formula is C6H3ClF4N2O. The highest BCUT2D eigenvalue weighted by Crippen LogP contribution is 2.34. The first-order chi connectivity index (χ1) is 6.31. The minimum absolute atomic E-state index is 0.453. The van der Waals surface area contributed by atoms with Crippen LogP contribution in [-0.2, 0) is 0 Å². The van der Waals surface area contributed by atoms with Gasteiger partial charge in [0.25, 0.3) is 0 Å². The number of ether oxygens (including phenoxy) is 1. The normalized spacial score (nSPS) is 11.5. The zero-order valence-corrected chi connectivity index (χ0v) is 7.16. The van der Waals surface area contributed by atoms with Gasteiger partial charge in [-0.05, 0) is 0 Å². The Bertz CT molecular complexity index is 354. The molecule has 2 N–H and O–H groups in total. The van der Waals surface area contributed by atoms with E-state index in [1.165, 1.54) is 0 Å². The summed E-state index contributed by atoms with van der Waals surface area (Å²) in [6.45, 7) is 0. The van der Waals surface area contributed by atoms with E-state index in [1.807, 2.05) is 0 Å². The first kappa shape index (κ1) is 10.8. The molecule has 0 atom stereocenters. The SMILES string of the molecule is Nc1c(Cl)ncc(F)c1OC(F)(F)F. The Morgan fingerprint density at radius 1 is 1.43 bits per heavy atom. The van der Waals surface area contributed by atoms with Crippen molar-refractivity contribution in [3.05, 3.63) is 17.2 Å². The van der Waals surface area contributed by atoms with Crippen LogP contribution in [0.4, 0.5) is 23.2 Å². The molecule has 0 amide bonds. The highest BCUT2D eigenvalue weighted by molar-refractivity contribution is 6.32. The monoisotopic (exact) mass is 230 g/mol. The summed E-state index contributed by atoms with van der Waals surface area (Å²) in [7, 11) is 0. The van der Waals surface area contributed by atoms with Crippen LogP contribution in [0.2, 0.25) is 5.15 Å². The van der Waals surface area contributed by atoms with Gasteiger partial charge in [-0.3, -0.25) is 0 Å². The second-order valence-corrected chi connectivity index (χ2v) is 2.55. The standard InChI is InChI=1S/C6H3ClF4N2O/c7-5-3(12)4(2(8)1-13-5)14-6(9,10)11/h1H,12H2. The van der Waals surface area contributed by atoms with Crippen molar-refractivity contribution >= 4 is 17.3 Å². The van der Waals surface area contributed by atoms with Crippen LogP contribution in [-0.4, -0.2) is 11.3 Å². The second kappa shape index (κ2) is 3.49. The third kappa shape index (κ3) is 2.38. The van der Waals surface area contributed by atoms with Crippen molar-refractivity contribution in [1.82, 2.24) is 4.98 Å². The maximum atomic E-state index is 12.7. The molecule has 0 saturated heterocycles. The van der Waals surface area contributed by atoms with Crippen molar-refractivity contribution in [3.8, 4) is 5.75 Å². The summed E-state index contributed by atoms with van der Waals surface area (Å²) in [5.74, 6) is -2.50. The number of hydrogen-bond acceptors (Lipinski definition) is 3. The lowest BCUT2D eigenvalue weighted by Crippen LogP contribution is -2.19. The van der Waals surface area contributed by atoms with Crippen LogP contribution >= 0.6 is 11.6 Å². The van der Waals surface area contributed by atoms with Crippen LogP contribution in [0.15, 0.2) is 6.20 Å². The van der Waals surface area contributed by atoms with Gasteiger partial charge >= 0.3 is 6.36 Å². The van der Waals surface area contributed by atoms with E-state index >= 15 is 0 Å². The maximum Gasteiger partial charge on any atom is 0.573 e. The first-order valence-electron chi connectivity index (χ1n) is 3.16. The molecule has 0 aromatic carbocycles. The van der Waals surface area contributed by atoms with Gasteiger partial charge in [-0.1, -0.05) is 11.6 Å². The van der Waals surface area contributed by atoms with Crippen molar-refractivity contribution < 1.29 is 22.3 Å². The molecule has 78 valence electrons. The summed E-state index contributed by atoms with van der Waals surface area (Å²) in [5, 5.41) is -0.453. The molecular weight excluding hydrogens is 228 g/mol. The number of hydrogen-bond donors (Lipinski definition) is 1. The van der Waals surface area contributed by atoms with Gasteiger partial charge in [0, 0.05) is 0 Å². The van der Waals surface area contributed by atoms with Crippen molar-refractivity contribution in [1.29, 1.82) is 0 Å². The van der Waals surface area contributed by atoms with Crippen molar-refractivity contribution in [2.45, 2.75) is 6.36 Å². The fraction of sp³-hybridized carbons (Fsp3) is 0.167. The summed E-state index contributed by atoms with van der Waals surface area (Å²) in [6.07, 6.45) is -4.54. The molecule has 1 aromatic heterocycles. The Kier molecular flexibility index (Phi) is 2.70. The predicted molar refractivity (Wildman–Crippen MR) is 40.3 cm³/mol. The Labute approximate surface area is 80.4 Å². The lowest BCUT2D eigenvalue weighted by Gasteiger charge is -2.11. The zero-order valence-electron chi connectivity index (χ0n) is 6.40. The summed E-state index contributed by atoms with van der Waals surface area (Å²) >= 11 is 5.26. The van der Waals surface area contributed by atoms with Gasteiger partial charge in [-0.15, -0.1) is 13.2 Å². The maximum absolute atomic E-state index is 12.7. The molecule has 0 aliphatic heterocycles. The number of pyridine rings is 1. The predicted octanol–water partition coefficient (Wildman–Crippen LogP) is 2.35. The summed E-state index contributed by atoms with van der Waals surface area (Å²) < 4.78 is 51.2. The van der Waals surface area contributed by atoms with E-state index in [9.17, 15) is 17.6 Å². The van der Waals surface area contributed by atoms with E-state index in [4.69, 9.17) is 17.3 Å². The lowest BCUT2D eigenvalue weighted by molar-refractivity contribution is -0.275. The fourth-order valence-electron chi connectivity index (χ4n) is 0.683. The molecule has 1 aromatic rings. The molecule has 1 rings (SSSR count). The number of rotatable bonds is 1. The molecule has 8 heteroatoms. The Hall–Kier alpha value is -1.24. The van der Waals surface area contributed by atoms with Crippen molar-refractivity contribution in [2.24, 2.45) is 0 Å². The third-order valence-electron chi connectivity index (χ3n) is 1.19. The van der Waals surface area contributed by atoms with Crippen LogP contribution in [0.3, 0.4) is 0 Å². The number of nitrogens with zero attached hydrogens (tertiary/aromatic N) is 1. The highest BCUT2D eigenvalue weighted by atomic mass is 35.5. The van der Waals surface area contributed by atoms with E-state index in [0.717, 1.165) is 0 Å². The molecule has 0 unspecified atom stereocenters. The number of anilines is 1. The van der Waals surface area contributed by atoms with Crippen LogP contribution < -0.4 is 10.5 Å². The number of aromatic nitrogens is 1. The quantitative estimate of drug-likeness (QED) is 0.595. The minimum Gasteiger partial charge on any atom is -0.400 e. The summed E-state index contributed by atoms with van der Waals surface area (Å²) in [5.41, 5.74) is 4.34. The minimum atomic E-state index is -5.03. The van der Waals surface area contributed by atoms with Crippen LogP contribution in [0.5, 0.6) is 5.75 Å². The number of nitrogens with two attached hydrogens (primary N) is 1. The largest absolute Gasteiger partial charge is 0.573 e. The second-order valence-electron chi connectivity index (χ2n) is 2.19. The molecule has 3 nitrogen and oxygen atoms in total. The van der Waals surface area contributed by atoms with Gasteiger partial charge in [-0.2, -0.15) is 0 Å². The van der Waals surface area contributed by atoms with E-state index in [-0.39, 0.29) is 0 Å². The molecule has 0 aliphatic rings. The molecule has 0 spiro atoms. The van der Waals surface area contributed by atoms with Gasteiger partial charge in [-0.25, -0.2) is 9.37 Å². The number of halogens is 5. The van der Waals surface area contributed by atoms with Crippen LogP contribution in [0.1, 0.15) is 0 Å². The fourth-order valence-corrected chi connectivity index (χ4v) is 0.818. The molecule has 0 bridgehead atoms. The topological polar surface area (TPSA) is 48.1 Å². The van der Waals surface area contributed by atoms with Crippen molar-refractivity contribution in [3.63, 3.8) is 0 Å². The van der Waals surface area contributed by atoms with Crippen LogP contribution in [0.25, 0.3) is 0 Å². The highest BCUT2D eigenvalue weighted by Gasteiger charge is 2.34. The number of nitrogen functional groups attached to an aromatic ring is 1. The summed E-state index contributed by atoms with van der Waals surface area (Å²) in [4.78, 5) is 3.19. The molecule has 0 aliphatic carbocycles. The van der Waals surface area contributed by atoms with Gasteiger partial charge in [0.2, 0.25) is 0 Å². The molecule has 1 heterocycles. The average molecular weight is 231 g/mol. The van der Waals surface area contributed by atoms with Gasteiger partial charge in [0.15, 0.2) is 16.7 Å². The summed E-state index contributed by atoms with van der Waals surface area (Å²) in [6, 6.07) is 0. The molecule has 0 fully saturated rings. The Morgan fingerprint density at radius 2 is 2.00 bits per heavy atom. The van der Waals surface area contributed by atoms with Crippen molar-refractivity contribution in [2.75, 3.05) is 5.73 Å². The van der Waals surface area contributed by atoms with E-state index in [2.05, 4.69) is 9.72 Å². The van der Waals surface area contributed by atoms with E-state index in [0.29, 0.717) is 6.20 Å². The smallest absolute Gasteiger partial charge is 0.400 e. The van der Waals surface area contributed by atoms with Gasteiger partial charge in [0.1, 0.15) is 5.69 Å². The molecule has 0 radical (unpaired) electrons. The Morgan fingerprint density at radius 3 is 2.50 bits per heavy atom. The third-order valence-corrected chi connectivity index (χ3v) is 1.49.